The monoisotopic (exact) mass is 262 g/mol. The Morgan fingerprint density at radius 3 is 2.74 bits per heavy atom. The molecule has 1 aliphatic heterocycles. The van der Waals surface area contributed by atoms with Crippen LogP contribution >= 0.6 is 0 Å². The molecule has 0 bridgehead atoms. The Kier molecular flexibility index (Phi) is 4.75. The number of nitrogens with zero attached hydrogens (tertiary/aromatic N) is 3. The molecule has 0 aliphatic carbocycles. The highest BCUT2D eigenvalue weighted by Gasteiger charge is 2.20. The molecule has 1 aromatic rings. The smallest absolute Gasteiger partial charge is 0.132 e. The number of aryl methyl sites for hydroxylation is 2. The molecule has 1 atom stereocenters. The third-order valence-electron chi connectivity index (χ3n) is 3.72. The van der Waals surface area contributed by atoms with Gasteiger partial charge in [-0.05, 0) is 59.5 Å². The molecule has 1 fully saturated rings. The largest absolute Gasteiger partial charge is 0.354 e. The van der Waals surface area contributed by atoms with Crippen LogP contribution in [0.25, 0.3) is 0 Å². The molecule has 1 unspecified atom stereocenters. The average molecular weight is 262 g/mol. The molecule has 2 rings (SSSR count). The summed E-state index contributed by atoms with van der Waals surface area (Å²) in [6.45, 7) is 11.9. The summed E-state index contributed by atoms with van der Waals surface area (Å²) in [4.78, 5) is 11.4. The number of hydrogen-bond acceptors (Lipinski definition) is 4. The van der Waals surface area contributed by atoms with Gasteiger partial charge in [-0.15, -0.1) is 0 Å². The van der Waals surface area contributed by atoms with E-state index in [4.69, 9.17) is 0 Å². The van der Waals surface area contributed by atoms with Crippen LogP contribution in [0.3, 0.4) is 0 Å². The molecular formula is C15H26N4. The van der Waals surface area contributed by atoms with Gasteiger partial charge < -0.3 is 10.2 Å². The van der Waals surface area contributed by atoms with Crippen LogP contribution in [0.1, 0.15) is 38.2 Å². The lowest BCUT2D eigenvalue weighted by Crippen LogP contribution is -2.41. The van der Waals surface area contributed by atoms with Crippen molar-refractivity contribution >= 4 is 5.82 Å². The van der Waals surface area contributed by atoms with E-state index in [2.05, 4.69) is 40.1 Å². The highest BCUT2D eigenvalue weighted by atomic mass is 15.2. The fourth-order valence-corrected chi connectivity index (χ4v) is 2.77. The van der Waals surface area contributed by atoms with Crippen molar-refractivity contribution in [3.63, 3.8) is 0 Å². The van der Waals surface area contributed by atoms with Gasteiger partial charge in [0, 0.05) is 24.3 Å². The molecule has 1 aromatic heterocycles. The van der Waals surface area contributed by atoms with Gasteiger partial charge in [0.1, 0.15) is 11.6 Å². The zero-order chi connectivity index (χ0) is 13.8. The minimum Gasteiger partial charge on any atom is -0.354 e. The van der Waals surface area contributed by atoms with Crippen LogP contribution in [-0.4, -0.2) is 35.6 Å². The fraction of sp³-hybridized carbons (Fsp3) is 0.733. The summed E-state index contributed by atoms with van der Waals surface area (Å²) >= 11 is 0. The standard InChI is InChI=1S/C15H26N4/c1-11(2)19(10-14-6-5-7-16-9-14)15-8-12(3)17-13(4)18-15/h8,11,14,16H,5-7,9-10H2,1-4H3. The van der Waals surface area contributed by atoms with Gasteiger partial charge in [0.15, 0.2) is 0 Å². The van der Waals surface area contributed by atoms with Crippen LogP contribution in [0.2, 0.25) is 0 Å². The predicted octanol–water partition coefficient (Wildman–Crippen LogP) is 2.31. The highest BCUT2D eigenvalue weighted by molar-refractivity contribution is 5.40. The van der Waals surface area contributed by atoms with Crippen LogP contribution < -0.4 is 10.2 Å². The third-order valence-corrected chi connectivity index (χ3v) is 3.72. The summed E-state index contributed by atoms with van der Waals surface area (Å²) in [7, 11) is 0. The summed E-state index contributed by atoms with van der Waals surface area (Å²) in [5.41, 5.74) is 1.05. The second-order valence-corrected chi connectivity index (χ2v) is 5.87. The Bertz CT molecular complexity index is 390. The van der Waals surface area contributed by atoms with E-state index in [1.807, 2.05) is 13.8 Å². The first-order chi connectivity index (χ1) is 9.06. The SMILES string of the molecule is Cc1cc(N(CC2CCCNC2)C(C)C)nc(C)n1. The van der Waals surface area contributed by atoms with Crippen LogP contribution in [0.4, 0.5) is 5.82 Å². The molecule has 4 heteroatoms. The van der Waals surface area contributed by atoms with E-state index >= 15 is 0 Å². The van der Waals surface area contributed by atoms with Gasteiger partial charge in [-0.2, -0.15) is 0 Å². The minimum atomic E-state index is 0.468. The lowest BCUT2D eigenvalue weighted by atomic mass is 9.98. The van der Waals surface area contributed by atoms with Gasteiger partial charge in [0.05, 0.1) is 0 Å². The van der Waals surface area contributed by atoms with Crippen molar-refractivity contribution in [3.8, 4) is 0 Å². The van der Waals surface area contributed by atoms with Gasteiger partial charge in [0.25, 0.3) is 0 Å². The average Bonchev–Trinajstić information content (AvgIpc) is 2.35. The van der Waals surface area contributed by atoms with Crippen molar-refractivity contribution in [1.29, 1.82) is 0 Å². The number of piperidine rings is 1. The molecule has 106 valence electrons. The summed E-state index contributed by atoms with van der Waals surface area (Å²) in [5.74, 6) is 2.67. The Morgan fingerprint density at radius 1 is 1.37 bits per heavy atom. The first-order valence-corrected chi connectivity index (χ1v) is 7.36. The highest BCUT2D eigenvalue weighted by Crippen LogP contribution is 2.20. The molecule has 19 heavy (non-hydrogen) atoms. The lowest BCUT2D eigenvalue weighted by Gasteiger charge is -2.34. The van der Waals surface area contributed by atoms with Crippen molar-refractivity contribution in [2.75, 3.05) is 24.5 Å². The lowest BCUT2D eigenvalue weighted by molar-refractivity contribution is 0.370. The van der Waals surface area contributed by atoms with E-state index in [1.165, 1.54) is 19.4 Å². The molecule has 0 saturated carbocycles. The normalized spacial score (nSPS) is 19.7. The second-order valence-electron chi connectivity index (χ2n) is 5.87. The Morgan fingerprint density at radius 2 is 2.16 bits per heavy atom. The molecular weight excluding hydrogens is 236 g/mol. The zero-order valence-corrected chi connectivity index (χ0v) is 12.6. The van der Waals surface area contributed by atoms with Crippen molar-refractivity contribution in [3.05, 3.63) is 17.6 Å². The van der Waals surface area contributed by atoms with Gasteiger partial charge in [0.2, 0.25) is 0 Å². The molecule has 1 aliphatic rings. The number of aromatic nitrogens is 2. The minimum absolute atomic E-state index is 0.468. The van der Waals surface area contributed by atoms with Crippen molar-refractivity contribution < 1.29 is 0 Å². The first-order valence-electron chi connectivity index (χ1n) is 7.36. The van der Waals surface area contributed by atoms with E-state index in [-0.39, 0.29) is 0 Å². The third kappa shape index (κ3) is 3.90. The number of hydrogen-bond donors (Lipinski definition) is 1. The van der Waals surface area contributed by atoms with E-state index in [0.29, 0.717) is 6.04 Å². The van der Waals surface area contributed by atoms with Crippen molar-refractivity contribution in [2.24, 2.45) is 5.92 Å². The maximum Gasteiger partial charge on any atom is 0.132 e. The molecule has 0 amide bonds. The Balaban J connectivity index is 2.14. The molecule has 0 spiro atoms. The second kappa shape index (κ2) is 6.33. The van der Waals surface area contributed by atoms with Gasteiger partial charge in [-0.25, -0.2) is 9.97 Å². The Labute approximate surface area is 116 Å². The topological polar surface area (TPSA) is 41.0 Å². The van der Waals surface area contributed by atoms with Crippen LogP contribution in [0, 0.1) is 19.8 Å². The maximum atomic E-state index is 4.62. The summed E-state index contributed by atoms with van der Waals surface area (Å²) < 4.78 is 0. The van der Waals surface area contributed by atoms with E-state index in [0.717, 1.165) is 36.3 Å². The zero-order valence-electron chi connectivity index (χ0n) is 12.6. The summed E-state index contributed by atoms with van der Waals surface area (Å²) in [6.07, 6.45) is 2.61. The molecule has 0 radical (unpaired) electrons. The van der Waals surface area contributed by atoms with Gasteiger partial charge >= 0.3 is 0 Å². The fourth-order valence-electron chi connectivity index (χ4n) is 2.77. The number of rotatable bonds is 4. The molecule has 4 nitrogen and oxygen atoms in total. The van der Waals surface area contributed by atoms with Crippen molar-refractivity contribution in [2.45, 2.75) is 46.6 Å². The molecule has 0 aromatic carbocycles. The van der Waals surface area contributed by atoms with Gasteiger partial charge in [-0.1, -0.05) is 0 Å². The predicted molar refractivity (Wildman–Crippen MR) is 79.6 cm³/mol. The number of nitrogens with one attached hydrogen (secondary N) is 1. The van der Waals surface area contributed by atoms with E-state index < -0.39 is 0 Å². The van der Waals surface area contributed by atoms with Gasteiger partial charge in [-0.3, -0.25) is 0 Å². The summed E-state index contributed by atoms with van der Waals surface area (Å²) in [5, 5.41) is 3.49. The van der Waals surface area contributed by atoms with E-state index in [1.54, 1.807) is 0 Å². The molecule has 2 heterocycles. The maximum absolute atomic E-state index is 4.62. The molecule has 1 saturated heterocycles. The van der Waals surface area contributed by atoms with Crippen LogP contribution in [0.15, 0.2) is 6.07 Å². The van der Waals surface area contributed by atoms with Crippen LogP contribution in [0.5, 0.6) is 0 Å². The van der Waals surface area contributed by atoms with E-state index in [9.17, 15) is 0 Å². The summed E-state index contributed by atoms with van der Waals surface area (Å²) in [6, 6.07) is 2.57. The Hall–Kier alpha value is -1.16. The number of anilines is 1. The van der Waals surface area contributed by atoms with Crippen molar-refractivity contribution in [1.82, 2.24) is 15.3 Å². The first kappa shape index (κ1) is 14.3. The molecule has 1 N–H and O–H groups in total. The quantitative estimate of drug-likeness (QED) is 0.904. The van der Waals surface area contributed by atoms with Crippen LogP contribution in [-0.2, 0) is 0 Å².